The number of thioether (sulfide) groups is 1. The monoisotopic (exact) mass is 324 g/mol. The molecule has 0 atom stereocenters. The van der Waals surface area contributed by atoms with E-state index in [2.05, 4.69) is 41.4 Å². The van der Waals surface area contributed by atoms with Crippen LogP contribution < -0.4 is 0 Å². The molecule has 0 unspecified atom stereocenters. The van der Waals surface area contributed by atoms with Crippen LogP contribution in [0.4, 0.5) is 0 Å². The van der Waals surface area contributed by atoms with Gasteiger partial charge in [0.2, 0.25) is 0 Å². The molecule has 0 aliphatic carbocycles. The zero-order valence-corrected chi connectivity index (χ0v) is 13.9. The van der Waals surface area contributed by atoms with E-state index in [0.717, 1.165) is 37.7 Å². The predicted octanol–water partition coefficient (Wildman–Crippen LogP) is 5.59. The third-order valence-corrected chi connectivity index (χ3v) is 4.73. The van der Waals surface area contributed by atoms with Crippen LogP contribution in [0.15, 0.2) is 65.7 Å². The van der Waals surface area contributed by atoms with Gasteiger partial charge in [-0.05, 0) is 11.3 Å². The van der Waals surface area contributed by atoms with Crippen LogP contribution in [0, 0.1) is 4.51 Å². The highest BCUT2D eigenvalue weighted by molar-refractivity contribution is 7.99. The fourth-order valence-electron chi connectivity index (χ4n) is 2.36. The van der Waals surface area contributed by atoms with Crippen molar-refractivity contribution in [2.75, 3.05) is 5.75 Å². The molecule has 0 aliphatic rings. The maximum Gasteiger partial charge on any atom is 0.135 e. The fraction of sp³-hybridized carbons (Fsp3) is 0.111. The third kappa shape index (κ3) is 2.98. The first-order valence-electron chi connectivity index (χ1n) is 7.17. The standard InChI is InChI=1S/C18H16N2S2/c1-2-22-18-17(21)15(13-9-5-3-6-10-13)16(19-20-18)14-11-7-4-8-12-14/h3-12H,2H2,1H3,(H,19,21). The van der Waals surface area contributed by atoms with E-state index < -0.39 is 0 Å². The van der Waals surface area contributed by atoms with Crippen molar-refractivity contribution in [3.8, 4) is 22.4 Å². The van der Waals surface area contributed by atoms with E-state index >= 15 is 0 Å². The molecule has 0 saturated heterocycles. The van der Waals surface area contributed by atoms with Crippen molar-refractivity contribution in [3.63, 3.8) is 0 Å². The van der Waals surface area contributed by atoms with Gasteiger partial charge in [-0.2, -0.15) is 5.10 Å². The molecular weight excluding hydrogens is 308 g/mol. The highest BCUT2D eigenvalue weighted by Crippen LogP contribution is 2.34. The van der Waals surface area contributed by atoms with Gasteiger partial charge in [0.05, 0.1) is 10.2 Å². The van der Waals surface area contributed by atoms with Gasteiger partial charge < -0.3 is 0 Å². The molecular formula is C18H16N2S2. The topological polar surface area (TPSA) is 28.7 Å². The Bertz CT molecular complexity index is 811. The predicted molar refractivity (Wildman–Crippen MR) is 96.7 cm³/mol. The van der Waals surface area contributed by atoms with Crippen LogP contribution in [0.1, 0.15) is 6.92 Å². The Balaban J connectivity index is 2.27. The number of aromatic nitrogens is 2. The van der Waals surface area contributed by atoms with E-state index in [9.17, 15) is 0 Å². The van der Waals surface area contributed by atoms with E-state index in [4.69, 9.17) is 12.2 Å². The highest BCUT2D eigenvalue weighted by Gasteiger charge is 2.13. The summed E-state index contributed by atoms with van der Waals surface area (Å²) in [6, 6.07) is 20.5. The summed E-state index contributed by atoms with van der Waals surface area (Å²) >= 11 is 7.39. The summed E-state index contributed by atoms with van der Waals surface area (Å²) in [5.41, 5.74) is 4.22. The Labute approximate surface area is 139 Å². The molecule has 0 spiro atoms. The van der Waals surface area contributed by atoms with Crippen LogP contribution >= 0.6 is 24.0 Å². The molecule has 2 aromatic carbocycles. The molecule has 0 aliphatic heterocycles. The van der Waals surface area contributed by atoms with Gasteiger partial charge in [0.15, 0.2) is 0 Å². The van der Waals surface area contributed by atoms with Gasteiger partial charge in [-0.25, -0.2) is 0 Å². The number of H-pyrrole nitrogens is 1. The highest BCUT2D eigenvalue weighted by atomic mass is 32.2. The van der Waals surface area contributed by atoms with E-state index in [0.29, 0.717) is 0 Å². The van der Waals surface area contributed by atoms with Gasteiger partial charge in [0.25, 0.3) is 0 Å². The maximum atomic E-state index is 5.72. The number of aromatic amines is 1. The number of hydrogen-bond acceptors (Lipinski definition) is 3. The zero-order valence-electron chi connectivity index (χ0n) is 12.2. The van der Waals surface area contributed by atoms with E-state index in [1.165, 1.54) is 0 Å². The minimum absolute atomic E-state index is 0.815. The lowest BCUT2D eigenvalue weighted by molar-refractivity contribution is 0.931. The third-order valence-electron chi connectivity index (χ3n) is 3.35. The summed E-state index contributed by atoms with van der Waals surface area (Å²) in [4.78, 5) is 0. The van der Waals surface area contributed by atoms with Gasteiger partial charge in [0, 0.05) is 11.1 Å². The molecule has 1 N–H and O–H groups in total. The first-order valence-corrected chi connectivity index (χ1v) is 8.57. The lowest BCUT2D eigenvalue weighted by Gasteiger charge is -2.12. The van der Waals surface area contributed by atoms with Crippen molar-refractivity contribution in [2.45, 2.75) is 11.9 Å². The second kappa shape index (κ2) is 6.90. The largest absolute Gasteiger partial charge is 0.276 e. The molecule has 0 saturated carbocycles. The Morgan fingerprint density at radius 3 is 2.14 bits per heavy atom. The summed E-state index contributed by atoms with van der Waals surface area (Å²) in [5.74, 6) is 0.948. The van der Waals surface area contributed by atoms with Gasteiger partial charge in [-0.15, -0.1) is 11.8 Å². The molecule has 0 bridgehead atoms. The van der Waals surface area contributed by atoms with Crippen LogP contribution in [-0.2, 0) is 0 Å². The molecule has 0 fully saturated rings. The number of benzene rings is 2. The van der Waals surface area contributed by atoms with Crippen molar-refractivity contribution in [2.24, 2.45) is 0 Å². The van der Waals surface area contributed by atoms with Crippen molar-refractivity contribution in [3.05, 3.63) is 65.2 Å². The SMILES string of the molecule is CCSc1n[nH]c(-c2ccccc2)c(-c2ccccc2)c1=S. The minimum atomic E-state index is 0.815. The molecule has 3 rings (SSSR count). The molecule has 110 valence electrons. The second-order valence-corrected chi connectivity index (χ2v) is 6.43. The van der Waals surface area contributed by atoms with Gasteiger partial charge >= 0.3 is 0 Å². The van der Waals surface area contributed by atoms with Crippen LogP contribution in [0.5, 0.6) is 0 Å². The van der Waals surface area contributed by atoms with Crippen LogP contribution in [0.2, 0.25) is 0 Å². The molecule has 1 aromatic heterocycles. The number of hydrogen-bond donors (Lipinski definition) is 1. The normalized spacial score (nSPS) is 10.6. The van der Waals surface area contributed by atoms with E-state index in [1.54, 1.807) is 11.8 Å². The first kappa shape index (κ1) is 15.0. The van der Waals surface area contributed by atoms with Crippen molar-refractivity contribution < 1.29 is 0 Å². The van der Waals surface area contributed by atoms with Crippen molar-refractivity contribution in [1.29, 1.82) is 0 Å². The smallest absolute Gasteiger partial charge is 0.135 e. The molecule has 22 heavy (non-hydrogen) atoms. The summed E-state index contributed by atoms with van der Waals surface area (Å²) in [7, 11) is 0. The van der Waals surface area contributed by atoms with E-state index in [-0.39, 0.29) is 0 Å². The van der Waals surface area contributed by atoms with Crippen LogP contribution in [0.3, 0.4) is 0 Å². The lowest BCUT2D eigenvalue weighted by atomic mass is 10.0. The zero-order chi connectivity index (χ0) is 15.4. The average molecular weight is 324 g/mol. The van der Waals surface area contributed by atoms with Crippen molar-refractivity contribution >= 4 is 24.0 Å². The minimum Gasteiger partial charge on any atom is -0.276 e. The fourth-order valence-corrected chi connectivity index (χ4v) is 3.42. The maximum absolute atomic E-state index is 5.72. The Hall–Kier alpha value is -1.91. The molecule has 3 aromatic rings. The second-order valence-electron chi connectivity index (χ2n) is 4.77. The summed E-state index contributed by atoms with van der Waals surface area (Å²) in [6.07, 6.45) is 0. The lowest BCUT2D eigenvalue weighted by Crippen LogP contribution is -1.96. The summed E-state index contributed by atoms with van der Waals surface area (Å²) < 4.78 is 0.815. The van der Waals surface area contributed by atoms with Gasteiger partial charge in [0.1, 0.15) is 5.03 Å². The molecule has 0 amide bonds. The molecule has 2 nitrogen and oxygen atoms in total. The summed E-state index contributed by atoms with van der Waals surface area (Å²) in [6.45, 7) is 2.11. The molecule has 0 radical (unpaired) electrons. The van der Waals surface area contributed by atoms with Crippen molar-refractivity contribution in [1.82, 2.24) is 10.2 Å². The molecule has 4 heteroatoms. The van der Waals surface area contributed by atoms with Gasteiger partial charge in [-0.1, -0.05) is 79.8 Å². The number of nitrogens with one attached hydrogen (secondary N) is 1. The quantitative estimate of drug-likeness (QED) is 0.501. The Morgan fingerprint density at radius 1 is 0.955 bits per heavy atom. The molecule has 1 heterocycles. The average Bonchev–Trinajstić information content (AvgIpc) is 2.58. The Kier molecular flexibility index (Phi) is 4.71. The number of nitrogens with zero attached hydrogens (tertiary/aromatic N) is 1. The Morgan fingerprint density at radius 2 is 1.55 bits per heavy atom. The van der Waals surface area contributed by atoms with Crippen LogP contribution in [-0.4, -0.2) is 16.0 Å². The summed E-state index contributed by atoms with van der Waals surface area (Å²) in [5, 5.41) is 8.56. The van der Waals surface area contributed by atoms with Crippen LogP contribution in [0.25, 0.3) is 22.4 Å². The first-order chi connectivity index (χ1) is 10.8. The van der Waals surface area contributed by atoms with E-state index in [1.807, 2.05) is 36.4 Å². The van der Waals surface area contributed by atoms with Gasteiger partial charge in [-0.3, -0.25) is 5.10 Å². The number of rotatable bonds is 4.